The van der Waals surface area contributed by atoms with E-state index >= 15 is 0 Å². The first-order chi connectivity index (χ1) is 12.2. The molecule has 0 aliphatic rings. The maximum absolute atomic E-state index is 12.8. The van der Waals surface area contributed by atoms with Crippen LogP contribution in [0.25, 0.3) is 0 Å². The zero-order valence-electron chi connectivity index (χ0n) is 13.0. The second kappa shape index (κ2) is 7.87. The van der Waals surface area contributed by atoms with Crippen LogP contribution in [0.1, 0.15) is 11.1 Å². The molecule has 2 rings (SSSR count). The summed E-state index contributed by atoms with van der Waals surface area (Å²) in [6.45, 7) is 0. The van der Waals surface area contributed by atoms with E-state index in [0.29, 0.717) is 5.56 Å². The van der Waals surface area contributed by atoms with Gasteiger partial charge < -0.3 is 11.5 Å². The SMILES string of the molecule is NC(N)=NN=Cc1ccc(Sc2cccc(C(F)(F)F)c2)c([N+](=O)[O-])c1. The van der Waals surface area contributed by atoms with Crippen molar-refractivity contribution in [1.82, 2.24) is 0 Å². The first-order valence-electron chi connectivity index (χ1n) is 6.92. The Morgan fingerprint density at radius 1 is 1.19 bits per heavy atom. The molecule has 0 aliphatic carbocycles. The average Bonchev–Trinajstić information content (AvgIpc) is 2.55. The zero-order valence-corrected chi connectivity index (χ0v) is 13.8. The van der Waals surface area contributed by atoms with Gasteiger partial charge in [0.1, 0.15) is 0 Å². The summed E-state index contributed by atoms with van der Waals surface area (Å²) < 4.78 is 38.3. The van der Waals surface area contributed by atoms with Gasteiger partial charge in [-0.3, -0.25) is 10.1 Å². The third-order valence-corrected chi connectivity index (χ3v) is 4.00. The number of nitro benzene ring substituents is 1. The summed E-state index contributed by atoms with van der Waals surface area (Å²) in [5.41, 5.74) is 9.47. The molecule has 136 valence electrons. The summed E-state index contributed by atoms with van der Waals surface area (Å²) >= 11 is 0.857. The fourth-order valence-corrected chi connectivity index (χ4v) is 2.83. The number of halogens is 3. The number of hydrogen-bond donors (Lipinski definition) is 2. The highest BCUT2D eigenvalue weighted by Crippen LogP contribution is 2.38. The van der Waals surface area contributed by atoms with Gasteiger partial charge in [-0.15, -0.1) is 5.10 Å². The highest BCUT2D eigenvalue weighted by atomic mass is 32.2. The Morgan fingerprint density at radius 3 is 2.54 bits per heavy atom. The van der Waals surface area contributed by atoms with E-state index in [1.807, 2.05) is 0 Å². The van der Waals surface area contributed by atoms with Gasteiger partial charge in [-0.2, -0.15) is 18.3 Å². The van der Waals surface area contributed by atoms with E-state index in [9.17, 15) is 23.3 Å². The van der Waals surface area contributed by atoms with Crippen LogP contribution in [-0.4, -0.2) is 17.1 Å². The molecule has 0 aliphatic heterocycles. The van der Waals surface area contributed by atoms with Gasteiger partial charge in [0.05, 0.1) is 21.6 Å². The predicted molar refractivity (Wildman–Crippen MR) is 92.1 cm³/mol. The van der Waals surface area contributed by atoms with Crippen molar-refractivity contribution >= 4 is 29.6 Å². The second-order valence-corrected chi connectivity index (χ2v) is 6.00. The molecule has 0 fully saturated rings. The summed E-state index contributed by atoms with van der Waals surface area (Å²) in [5, 5.41) is 18.2. The van der Waals surface area contributed by atoms with Crippen LogP contribution in [0, 0.1) is 10.1 Å². The van der Waals surface area contributed by atoms with Crippen molar-refractivity contribution in [3.63, 3.8) is 0 Å². The smallest absolute Gasteiger partial charge is 0.369 e. The van der Waals surface area contributed by atoms with Crippen molar-refractivity contribution in [3.8, 4) is 0 Å². The third kappa shape index (κ3) is 5.21. The molecular weight excluding hydrogens is 371 g/mol. The van der Waals surface area contributed by atoms with Crippen molar-refractivity contribution in [2.75, 3.05) is 0 Å². The quantitative estimate of drug-likeness (QED) is 0.355. The summed E-state index contributed by atoms with van der Waals surface area (Å²) in [6.07, 6.45) is -3.28. The molecule has 2 aromatic rings. The maximum atomic E-state index is 12.8. The van der Waals surface area contributed by atoms with Crippen molar-refractivity contribution in [2.45, 2.75) is 16.0 Å². The zero-order chi connectivity index (χ0) is 19.3. The summed E-state index contributed by atoms with van der Waals surface area (Å²) in [4.78, 5) is 11.1. The van der Waals surface area contributed by atoms with Gasteiger partial charge in [0.25, 0.3) is 5.69 Å². The lowest BCUT2D eigenvalue weighted by Gasteiger charge is -2.09. The number of nitrogens with two attached hydrogens (primary N) is 2. The van der Waals surface area contributed by atoms with Crippen LogP contribution in [0.2, 0.25) is 0 Å². The van der Waals surface area contributed by atoms with E-state index < -0.39 is 16.7 Å². The lowest BCUT2D eigenvalue weighted by molar-refractivity contribution is -0.387. The highest BCUT2D eigenvalue weighted by Gasteiger charge is 2.30. The molecule has 0 radical (unpaired) electrons. The highest BCUT2D eigenvalue weighted by molar-refractivity contribution is 7.99. The Bertz CT molecular complexity index is 880. The number of hydrogen-bond acceptors (Lipinski definition) is 5. The number of rotatable bonds is 5. The predicted octanol–water partition coefficient (Wildman–Crippen LogP) is 3.37. The molecule has 0 aromatic heterocycles. The molecule has 0 saturated heterocycles. The van der Waals surface area contributed by atoms with Crippen molar-refractivity contribution in [2.24, 2.45) is 21.7 Å². The Kier molecular flexibility index (Phi) is 5.82. The van der Waals surface area contributed by atoms with Crippen LogP contribution in [0.15, 0.2) is 62.5 Å². The molecule has 4 N–H and O–H groups in total. The largest absolute Gasteiger partial charge is 0.416 e. The molecule has 0 atom stereocenters. The molecule has 26 heavy (non-hydrogen) atoms. The Balaban J connectivity index is 2.34. The first kappa shape index (κ1) is 19.2. The number of guanidine groups is 1. The van der Waals surface area contributed by atoms with Crippen LogP contribution < -0.4 is 11.5 Å². The fourth-order valence-electron chi connectivity index (χ4n) is 1.87. The van der Waals surface area contributed by atoms with E-state index in [0.717, 1.165) is 23.9 Å². The van der Waals surface area contributed by atoms with Gasteiger partial charge in [-0.1, -0.05) is 23.9 Å². The minimum atomic E-state index is -4.49. The van der Waals surface area contributed by atoms with E-state index in [4.69, 9.17) is 11.5 Å². The molecule has 0 unspecified atom stereocenters. The standard InChI is InChI=1S/C15H12F3N5O2S/c16-15(17,18)10-2-1-3-11(7-10)26-13-5-4-9(6-12(13)23(24)25)8-21-22-14(19)20/h1-8H,(H4,19,20,22). The van der Waals surface area contributed by atoms with Crippen molar-refractivity contribution in [1.29, 1.82) is 0 Å². The lowest BCUT2D eigenvalue weighted by atomic mass is 10.2. The van der Waals surface area contributed by atoms with Crippen LogP contribution in [-0.2, 0) is 6.18 Å². The van der Waals surface area contributed by atoms with E-state index in [1.165, 1.54) is 36.5 Å². The normalized spacial score (nSPS) is 11.5. The van der Waals surface area contributed by atoms with Crippen LogP contribution >= 0.6 is 11.8 Å². The Labute approximate surface area is 149 Å². The van der Waals surface area contributed by atoms with Gasteiger partial charge in [0.15, 0.2) is 0 Å². The summed E-state index contributed by atoms with van der Waals surface area (Å²) in [6, 6.07) is 8.70. The molecule has 7 nitrogen and oxygen atoms in total. The summed E-state index contributed by atoms with van der Waals surface area (Å²) in [5.74, 6) is -0.271. The topological polar surface area (TPSA) is 120 Å². The Hall–Kier alpha value is -3.08. The van der Waals surface area contributed by atoms with Gasteiger partial charge in [0.2, 0.25) is 5.96 Å². The van der Waals surface area contributed by atoms with Gasteiger partial charge >= 0.3 is 6.18 Å². The first-order valence-corrected chi connectivity index (χ1v) is 7.74. The minimum Gasteiger partial charge on any atom is -0.369 e. The minimum absolute atomic E-state index is 0.188. The molecule has 0 amide bonds. The second-order valence-electron chi connectivity index (χ2n) is 4.88. The van der Waals surface area contributed by atoms with Crippen LogP contribution in [0.4, 0.5) is 18.9 Å². The van der Waals surface area contributed by atoms with Gasteiger partial charge in [-0.05, 0) is 24.3 Å². The number of nitrogens with zero attached hydrogens (tertiary/aromatic N) is 3. The number of alkyl halides is 3. The molecule has 0 spiro atoms. The van der Waals surface area contributed by atoms with E-state index in [1.54, 1.807) is 0 Å². The average molecular weight is 383 g/mol. The van der Waals surface area contributed by atoms with E-state index in [2.05, 4.69) is 10.2 Å². The monoisotopic (exact) mass is 383 g/mol. The third-order valence-electron chi connectivity index (χ3n) is 2.95. The van der Waals surface area contributed by atoms with Gasteiger partial charge in [0, 0.05) is 16.5 Å². The van der Waals surface area contributed by atoms with Crippen LogP contribution in [0.3, 0.4) is 0 Å². The molecule has 2 aromatic carbocycles. The molecule has 11 heteroatoms. The van der Waals surface area contributed by atoms with Crippen molar-refractivity contribution in [3.05, 3.63) is 63.7 Å². The van der Waals surface area contributed by atoms with Gasteiger partial charge in [-0.25, -0.2) is 0 Å². The number of nitro groups is 1. The van der Waals surface area contributed by atoms with Crippen LogP contribution in [0.5, 0.6) is 0 Å². The fraction of sp³-hybridized carbons (Fsp3) is 0.0667. The maximum Gasteiger partial charge on any atom is 0.416 e. The number of benzene rings is 2. The van der Waals surface area contributed by atoms with E-state index in [-0.39, 0.29) is 21.4 Å². The summed E-state index contributed by atoms with van der Waals surface area (Å²) in [7, 11) is 0. The lowest BCUT2D eigenvalue weighted by Crippen LogP contribution is -2.21. The molecule has 0 heterocycles. The molecular formula is C15H12F3N5O2S. The Morgan fingerprint density at radius 2 is 1.92 bits per heavy atom. The molecule has 0 saturated carbocycles. The molecule has 0 bridgehead atoms. The van der Waals surface area contributed by atoms with Crippen molar-refractivity contribution < 1.29 is 18.1 Å².